The monoisotopic (exact) mass is 835 g/mol. The number of aryl methyl sites for hydroxylation is 1. The third-order valence-corrected chi connectivity index (χ3v) is 14.5. The second kappa shape index (κ2) is 15.4. The number of thiazole rings is 1. The van der Waals surface area contributed by atoms with Crippen LogP contribution >= 0.6 is 11.3 Å². The van der Waals surface area contributed by atoms with E-state index in [1.54, 1.807) is 17.5 Å². The molecule has 3 unspecified atom stereocenters. The Morgan fingerprint density at radius 1 is 0.983 bits per heavy atom. The zero-order valence-electron chi connectivity index (χ0n) is 35.3. The molecule has 318 valence electrons. The summed E-state index contributed by atoms with van der Waals surface area (Å²) in [6, 6.07) is 10.0. The molecule has 0 radical (unpaired) electrons. The van der Waals surface area contributed by atoms with Crippen LogP contribution in [0.5, 0.6) is 0 Å². The van der Waals surface area contributed by atoms with Crippen LogP contribution in [0.2, 0.25) is 0 Å². The first-order chi connectivity index (χ1) is 28.7. The Kier molecular flexibility index (Phi) is 10.5. The fourth-order valence-electron chi connectivity index (χ4n) is 12.3. The fourth-order valence-corrected chi connectivity index (χ4v) is 13.1. The lowest BCUT2D eigenvalue weighted by atomic mass is 9.39. The SMILES string of the molecule is Cc1ccc2sc(Nc3nnc4c(c3C)CCCN4c3ccc(-c4cnn(CC56CC7(C)CC(C)(C5)CC(OCCNCCC(O)CO)(C7)C6)c4C)c(C(=O)O)n3)nc2c1. The highest BCUT2D eigenvalue weighted by Crippen LogP contribution is 2.72. The molecule has 10 rings (SSSR count). The lowest BCUT2D eigenvalue weighted by Gasteiger charge is -2.69. The van der Waals surface area contributed by atoms with Crippen LogP contribution in [0.25, 0.3) is 21.3 Å². The van der Waals surface area contributed by atoms with E-state index in [1.807, 2.05) is 30.9 Å². The van der Waals surface area contributed by atoms with Gasteiger partial charge < -0.3 is 35.6 Å². The summed E-state index contributed by atoms with van der Waals surface area (Å²) in [5.74, 6) is 0.785. The van der Waals surface area contributed by atoms with E-state index in [0.717, 1.165) is 94.8 Å². The Balaban J connectivity index is 0.939. The predicted octanol–water partition coefficient (Wildman–Crippen LogP) is 7.26. The Hall–Kier alpha value is -4.54. The van der Waals surface area contributed by atoms with Crippen molar-refractivity contribution in [1.82, 2.24) is 35.3 Å². The number of aromatic carboxylic acids is 1. The lowest BCUT2D eigenvalue weighted by Crippen LogP contribution is -2.64. The molecule has 0 spiro atoms. The van der Waals surface area contributed by atoms with Crippen LogP contribution in [0.4, 0.5) is 22.6 Å². The van der Waals surface area contributed by atoms with Gasteiger partial charge in [-0.05, 0) is 131 Å². The minimum absolute atomic E-state index is 0.00637. The third kappa shape index (κ3) is 7.67. The number of hydrogen-bond donors (Lipinski definition) is 5. The molecule has 4 saturated carbocycles. The second-order valence-electron chi connectivity index (χ2n) is 19.1. The first-order valence-electron chi connectivity index (χ1n) is 21.4. The standard InChI is InChI=1S/C45H57N9O5S/c1-27-8-10-35-34(17-27)48-41(60-35)50-38-28(2)31-7-6-15-53(39(31)52-51-38)36-11-9-32(37(49-36)40(57)58)33-18-47-54(29(33)3)26-44-21-42(4)20-43(5,22-44)24-45(23-42,25-44)59-16-14-46-13-12-30(56)19-55/h8-11,17-18,30,46,55-56H,6-7,12-16,19-26H2,1-5H3,(H,57,58)(H,48,50,51). The van der Waals surface area contributed by atoms with Gasteiger partial charge in [0.1, 0.15) is 5.82 Å². The highest BCUT2D eigenvalue weighted by Gasteiger charge is 2.66. The first kappa shape index (κ1) is 40.8. The summed E-state index contributed by atoms with van der Waals surface area (Å²) in [5, 5.41) is 51.1. The van der Waals surface area contributed by atoms with Crippen LogP contribution in [0.1, 0.15) is 98.1 Å². The van der Waals surface area contributed by atoms with Crippen molar-refractivity contribution in [3.63, 3.8) is 0 Å². The summed E-state index contributed by atoms with van der Waals surface area (Å²) in [7, 11) is 0. The topological polar surface area (TPSA) is 184 Å². The molecule has 5 N–H and O–H groups in total. The minimum Gasteiger partial charge on any atom is -0.476 e. The first-order valence-corrected chi connectivity index (χ1v) is 22.2. The van der Waals surface area contributed by atoms with Gasteiger partial charge in [-0.3, -0.25) is 4.68 Å². The van der Waals surface area contributed by atoms with Crippen molar-refractivity contribution >= 4 is 50.1 Å². The Morgan fingerprint density at radius 2 is 1.78 bits per heavy atom. The number of pyridine rings is 1. The molecule has 15 heteroatoms. The molecule has 14 nitrogen and oxygen atoms in total. The van der Waals surface area contributed by atoms with Crippen molar-refractivity contribution in [1.29, 1.82) is 0 Å². The predicted molar refractivity (Wildman–Crippen MR) is 233 cm³/mol. The summed E-state index contributed by atoms with van der Waals surface area (Å²) < 4.78 is 10.0. The number of carboxylic acid groups (broad SMARTS) is 1. The third-order valence-electron chi connectivity index (χ3n) is 13.6. The molecule has 5 aliphatic rings. The number of nitrogens with one attached hydrogen (secondary N) is 2. The molecule has 4 aromatic heterocycles. The molecule has 1 aliphatic heterocycles. The maximum absolute atomic E-state index is 13.0. The van der Waals surface area contributed by atoms with E-state index < -0.39 is 12.1 Å². The van der Waals surface area contributed by atoms with Gasteiger partial charge in [0.25, 0.3) is 0 Å². The molecule has 5 aromatic rings. The Bertz CT molecular complexity index is 2430. The number of hydrogen-bond acceptors (Lipinski definition) is 13. The summed E-state index contributed by atoms with van der Waals surface area (Å²) in [5.41, 5.74) is 6.53. The average Bonchev–Trinajstić information content (AvgIpc) is 3.76. The van der Waals surface area contributed by atoms with E-state index in [4.69, 9.17) is 24.9 Å². The van der Waals surface area contributed by atoms with Crippen molar-refractivity contribution in [3.8, 4) is 11.1 Å². The van der Waals surface area contributed by atoms with Crippen LogP contribution < -0.4 is 15.5 Å². The number of aliphatic hydroxyl groups excluding tert-OH is 2. The van der Waals surface area contributed by atoms with Gasteiger partial charge >= 0.3 is 5.97 Å². The number of anilines is 4. The van der Waals surface area contributed by atoms with Crippen molar-refractivity contribution in [3.05, 3.63) is 64.6 Å². The van der Waals surface area contributed by atoms with Crippen LogP contribution in [-0.2, 0) is 17.7 Å². The highest BCUT2D eigenvalue weighted by molar-refractivity contribution is 7.22. The number of carbonyl (C=O) groups is 1. The summed E-state index contributed by atoms with van der Waals surface area (Å²) >= 11 is 1.58. The van der Waals surface area contributed by atoms with Crippen LogP contribution in [0.15, 0.2) is 36.5 Å². The van der Waals surface area contributed by atoms with Crippen molar-refractivity contribution in [2.75, 3.05) is 43.1 Å². The molecule has 0 amide bonds. The van der Waals surface area contributed by atoms with E-state index >= 15 is 0 Å². The van der Waals surface area contributed by atoms with Crippen LogP contribution in [0, 0.1) is 37.0 Å². The van der Waals surface area contributed by atoms with E-state index in [9.17, 15) is 15.0 Å². The molecular weight excluding hydrogens is 779 g/mol. The number of fused-ring (bicyclic) bond motifs is 2. The molecule has 3 atom stereocenters. The highest BCUT2D eigenvalue weighted by atomic mass is 32.1. The zero-order chi connectivity index (χ0) is 42.0. The molecule has 5 heterocycles. The molecule has 4 bridgehead atoms. The van der Waals surface area contributed by atoms with Crippen molar-refractivity contribution < 1.29 is 24.9 Å². The number of carboxylic acids is 1. The van der Waals surface area contributed by atoms with E-state index in [1.165, 1.54) is 6.42 Å². The van der Waals surface area contributed by atoms with Crippen LogP contribution in [0.3, 0.4) is 0 Å². The van der Waals surface area contributed by atoms with Gasteiger partial charge in [-0.1, -0.05) is 31.3 Å². The number of benzene rings is 1. The Labute approximate surface area is 354 Å². The molecule has 0 saturated heterocycles. The molecule has 4 fully saturated rings. The molecule has 60 heavy (non-hydrogen) atoms. The van der Waals surface area contributed by atoms with E-state index in [2.05, 4.69) is 64.5 Å². The van der Waals surface area contributed by atoms with Gasteiger partial charge in [0.15, 0.2) is 22.5 Å². The second-order valence-corrected chi connectivity index (χ2v) is 20.1. The maximum atomic E-state index is 13.0. The van der Waals surface area contributed by atoms with Gasteiger partial charge in [0, 0.05) is 47.6 Å². The summed E-state index contributed by atoms with van der Waals surface area (Å²) in [6.07, 6.45) is 9.80. The lowest BCUT2D eigenvalue weighted by molar-refractivity contribution is -0.247. The minimum atomic E-state index is -1.09. The van der Waals surface area contributed by atoms with Crippen LogP contribution in [-0.4, -0.2) is 95.8 Å². The van der Waals surface area contributed by atoms with Gasteiger partial charge in [0.05, 0.1) is 41.3 Å². The Morgan fingerprint density at radius 3 is 2.55 bits per heavy atom. The normalized spacial score (nSPS) is 26.1. The number of aromatic nitrogens is 6. The maximum Gasteiger partial charge on any atom is 0.355 e. The smallest absolute Gasteiger partial charge is 0.355 e. The van der Waals surface area contributed by atoms with E-state index in [0.29, 0.717) is 55.7 Å². The summed E-state index contributed by atoms with van der Waals surface area (Å²) in [4.78, 5) is 24.5. The van der Waals surface area contributed by atoms with E-state index in [-0.39, 0.29) is 34.1 Å². The number of ether oxygens (including phenoxy) is 1. The number of aliphatic hydroxyl groups is 2. The van der Waals surface area contributed by atoms with Gasteiger partial charge in [-0.15, -0.1) is 10.2 Å². The van der Waals surface area contributed by atoms with Gasteiger partial charge in [-0.25, -0.2) is 14.8 Å². The molecule has 1 aromatic carbocycles. The zero-order valence-corrected chi connectivity index (χ0v) is 36.2. The van der Waals surface area contributed by atoms with Crippen molar-refractivity contribution in [2.24, 2.45) is 16.2 Å². The molecular formula is C45H57N9O5S. The van der Waals surface area contributed by atoms with Crippen molar-refractivity contribution in [2.45, 2.75) is 111 Å². The summed E-state index contributed by atoms with van der Waals surface area (Å²) in [6.45, 7) is 14.1. The quantitative estimate of drug-likeness (QED) is 0.0665. The fraction of sp³-hybridized carbons (Fsp3) is 0.556. The molecule has 4 aliphatic carbocycles. The number of nitrogens with zero attached hydrogens (tertiary/aromatic N) is 7. The van der Waals surface area contributed by atoms with Gasteiger partial charge in [0.2, 0.25) is 0 Å². The number of rotatable bonds is 15. The average molecular weight is 836 g/mol. The largest absolute Gasteiger partial charge is 0.476 e. The van der Waals surface area contributed by atoms with Gasteiger partial charge in [-0.2, -0.15) is 5.10 Å².